The smallest absolute Gasteiger partial charge is 0.227 e. The summed E-state index contributed by atoms with van der Waals surface area (Å²) in [6, 6.07) is 8.16. The number of carbonyl (C=O) groups excluding carboxylic acids is 1. The van der Waals surface area contributed by atoms with E-state index >= 15 is 0 Å². The number of rotatable bonds is 6. The quantitative estimate of drug-likeness (QED) is 0.753. The Bertz CT molecular complexity index is 752. The fraction of sp³-hybridized carbons (Fsp3) is 0.550. The molecule has 2 aromatic rings. The average molecular weight is 391 g/mol. The van der Waals surface area contributed by atoms with Gasteiger partial charge in [0, 0.05) is 55.6 Å². The van der Waals surface area contributed by atoms with Gasteiger partial charge in [-0.2, -0.15) is 4.98 Å². The molecule has 0 N–H and O–H groups in total. The summed E-state index contributed by atoms with van der Waals surface area (Å²) >= 11 is 5.90. The number of aromatic nitrogens is 2. The van der Waals surface area contributed by atoms with Crippen LogP contribution in [0.4, 0.5) is 0 Å². The van der Waals surface area contributed by atoms with E-state index in [9.17, 15) is 4.79 Å². The molecule has 1 saturated heterocycles. The second kappa shape index (κ2) is 8.85. The van der Waals surface area contributed by atoms with E-state index in [1.54, 1.807) is 12.1 Å². The second-order valence-corrected chi connectivity index (χ2v) is 7.82. The second-order valence-electron chi connectivity index (χ2n) is 7.38. The molecule has 3 rings (SSSR count). The number of nitrogens with zero attached hydrogens (tertiary/aromatic N) is 4. The molecule has 0 saturated carbocycles. The van der Waals surface area contributed by atoms with Gasteiger partial charge in [0.1, 0.15) is 0 Å². The third-order valence-electron chi connectivity index (χ3n) is 5.29. The Morgan fingerprint density at radius 2 is 1.96 bits per heavy atom. The molecule has 1 aromatic carbocycles. The summed E-state index contributed by atoms with van der Waals surface area (Å²) in [6.45, 7) is 6.54. The lowest BCUT2D eigenvalue weighted by Crippen LogP contribution is -2.47. The predicted molar refractivity (Wildman–Crippen MR) is 106 cm³/mol. The van der Waals surface area contributed by atoms with Crippen molar-refractivity contribution >= 4 is 17.5 Å². The lowest BCUT2D eigenvalue weighted by Gasteiger charge is -2.38. The van der Waals surface area contributed by atoms with Gasteiger partial charge in [-0.3, -0.25) is 4.79 Å². The van der Waals surface area contributed by atoms with Crippen LogP contribution in [0, 0.1) is 0 Å². The molecule has 2 heterocycles. The molecular formula is C20H27ClN4O2. The summed E-state index contributed by atoms with van der Waals surface area (Å²) in [7, 11) is 1.91. The SMILES string of the molecule is CC(C)N1CCC(N(C)C(=O)CCc2nc(-c3ccc(Cl)cc3)no2)CC1. The van der Waals surface area contributed by atoms with Crippen LogP contribution in [0.3, 0.4) is 0 Å². The van der Waals surface area contributed by atoms with Gasteiger partial charge >= 0.3 is 0 Å². The van der Waals surface area contributed by atoms with E-state index in [1.165, 1.54) is 0 Å². The van der Waals surface area contributed by atoms with Gasteiger partial charge in [0.05, 0.1) is 0 Å². The Morgan fingerprint density at radius 3 is 2.59 bits per heavy atom. The van der Waals surface area contributed by atoms with E-state index < -0.39 is 0 Å². The number of likely N-dealkylation sites (tertiary alicyclic amines) is 1. The maximum absolute atomic E-state index is 12.6. The van der Waals surface area contributed by atoms with Gasteiger partial charge in [-0.25, -0.2) is 0 Å². The number of halogens is 1. The summed E-state index contributed by atoms with van der Waals surface area (Å²) in [5.41, 5.74) is 0.842. The van der Waals surface area contributed by atoms with Crippen molar-refractivity contribution in [3.8, 4) is 11.4 Å². The molecule has 0 bridgehead atoms. The van der Waals surface area contributed by atoms with E-state index in [2.05, 4.69) is 28.9 Å². The number of hydrogen-bond acceptors (Lipinski definition) is 5. The van der Waals surface area contributed by atoms with E-state index in [0.717, 1.165) is 31.5 Å². The molecule has 1 aliphatic heterocycles. The van der Waals surface area contributed by atoms with E-state index in [-0.39, 0.29) is 5.91 Å². The summed E-state index contributed by atoms with van der Waals surface area (Å²) < 4.78 is 5.29. The molecule has 1 aliphatic rings. The molecule has 7 heteroatoms. The van der Waals surface area contributed by atoms with E-state index in [1.807, 2.05) is 24.1 Å². The van der Waals surface area contributed by atoms with Crippen molar-refractivity contribution in [3.63, 3.8) is 0 Å². The minimum Gasteiger partial charge on any atom is -0.343 e. The van der Waals surface area contributed by atoms with Gasteiger partial charge in [0.25, 0.3) is 0 Å². The van der Waals surface area contributed by atoms with Crippen LogP contribution in [-0.4, -0.2) is 58.1 Å². The molecule has 146 valence electrons. The third-order valence-corrected chi connectivity index (χ3v) is 5.55. The first-order valence-electron chi connectivity index (χ1n) is 9.52. The first-order chi connectivity index (χ1) is 12.9. The lowest BCUT2D eigenvalue weighted by molar-refractivity contribution is -0.133. The minimum atomic E-state index is 0.129. The molecule has 27 heavy (non-hydrogen) atoms. The fourth-order valence-corrected chi connectivity index (χ4v) is 3.58. The highest BCUT2D eigenvalue weighted by Gasteiger charge is 2.26. The van der Waals surface area contributed by atoms with Crippen LogP contribution < -0.4 is 0 Å². The van der Waals surface area contributed by atoms with Crippen LogP contribution in [0.2, 0.25) is 5.02 Å². The van der Waals surface area contributed by atoms with Gasteiger partial charge in [0.15, 0.2) is 0 Å². The van der Waals surface area contributed by atoms with E-state index in [4.69, 9.17) is 16.1 Å². The standard InChI is InChI=1S/C20H27ClN4O2/c1-14(2)25-12-10-17(11-13-25)24(3)19(26)9-8-18-22-20(23-27-18)15-4-6-16(21)7-5-15/h4-7,14,17H,8-13H2,1-3H3. The van der Waals surface area contributed by atoms with Crippen LogP contribution in [0.25, 0.3) is 11.4 Å². The zero-order valence-corrected chi connectivity index (χ0v) is 16.9. The Morgan fingerprint density at radius 1 is 1.30 bits per heavy atom. The molecule has 0 radical (unpaired) electrons. The number of amides is 1. The predicted octanol–water partition coefficient (Wildman–Crippen LogP) is 3.65. The normalized spacial score (nSPS) is 16.0. The number of aryl methyl sites for hydroxylation is 1. The molecule has 0 atom stereocenters. The molecule has 1 fully saturated rings. The van der Waals surface area contributed by atoms with Crippen molar-refractivity contribution in [1.29, 1.82) is 0 Å². The van der Waals surface area contributed by atoms with Crippen molar-refractivity contribution in [2.24, 2.45) is 0 Å². The summed E-state index contributed by atoms with van der Waals surface area (Å²) in [4.78, 5) is 21.3. The Balaban J connectivity index is 1.50. The summed E-state index contributed by atoms with van der Waals surface area (Å²) in [5.74, 6) is 1.13. The van der Waals surface area contributed by atoms with Crippen LogP contribution in [0.1, 0.15) is 39.0 Å². The van der Waals surface area contributed by atoms with Gasteiger partial charge in [-0.15, -0.1) is 0 Å². The molecule has 0 spiro atoms. The highest BCUT2D eigenvalue weighted by atomic mass is 35.5. The molecular weight excluding hydrogens is 364 g/mol. The van der Waals surface area contributed by atoms with Crippen LogP contribution in [-0.2, 0) is 11.2 Å². The highest BCUT2D eigenvalue weighted by molar-refractivity contribution is 6.30. The monoisotopic (exact) mass is 390 g/mol. The van der Waals surface area contributed by atoms with Crippen LogP contribution in [0.15, 0.2) is 28.8 Å². The zero-order valence-electron chi connectivity index (χ0n) is 16.2. The van der Waals surface area contributed by atoms with E-state index in [0.29, 0.717) is 41.7 Å². The Hall–Kier alpha value is -1.92. The molecule has 6 nitrogen and oxygen atoms in total. The first-order valence-corrected chi connectivity index (χ1v) is 9.90. The number of benzene rings is 1. The zero-order chi connectivity index (χ0) is 19.4. The molecule has 1 aromatic heterocycles. The Labute approximate surface area is 165 Å². The molecule has 0 aliphatic carbocycles. The minimum absolute atomic E-state index is 0.129. The summed E-state index contributed by atoms with van der Waals surface area (Å²) in [6.07, 6.45) is 2.89. The number of hydrogen-bond donors (Lipinski definition) is 0. The van der Waals surface area contributed by atoms with Crippen molar-refractivity contribution in [3.05, 3.63) is 35.2 Å². The maximum atomic E-state index is 12.6. The van der Waals surface area contributed by atoms with Gasteiger partial charge in [-0.1, -0.05) is 16.8 Å². The van der Waals surface area contributed by atoms with Crippen molar-refractivity contribution in [2.45, 2.75) is 51.6 Å². The van der Waals surface area contributed by atoms with Gasteiger partial charge in [0.2, 0.25) is 17.6 Å². The van der Waals surface area contributed by atoms with Gasteiger partial charge in [-0.05, 0) is 51.0 Å². The molecule has 1 amide bonds. The topological polar surface area (TPSA) is 62.5 Å². The van der Waals surface area contributed by atoms with Crippen molar-refractivity contribution in [2.75, 3.05) is 20.1 Å². The number of carbonyl (C=O) groups is 1. The highest BCUT2D eigenvalue weighted by Crippen LogP contribution is 2.20. The largest absolute Gasteiger partial charge is 0.343 e. The number of piperidine rings is 1. The maximum Gasteiger partial charge on any atom is 0.227 e. The lowest BCUT2D eigenvalue weighted by atomic mass is 10.0. The van der Waals surface area contributed by atoms with Crippen molar-refractivity contribution < 1.29 is 9.32 Å². The third kappa shape index (κ3) is 5.08. The average Bonchev–Trinajstić information content (AvgIpc) is 3.15. The van der Waals surface area contributed by atoms with Crippen molar-refractivity contribution in [1.82, 2.24) is 19.9 Å². The molecule has 0 unspecified atom stereocenters. The Kier molecular flexibility index (Phi) is 6.50. The van der Waals surface area contributed by atoms with Crippen LogP contribution in [0.5, 0.6) is 0 Å². The first kappa shape index (κ1) is 19.8. The van der Waals surface area contributed by atoms with Gasteiger partial charge < -0.3 is 14.3 Å². The fourth-order valence-electron chi connectivity index (χ4n) is 3.46. The van der Waals surface area contributed by atoms with Crippen LogP contribution >= 0.6 is 11.6 Å². The summed E-state index contributed by atoms with van der Waals surface area (Å²) in [5, 5.41) is 4.66.